The van der Waals surface area contributed by atoms with Gasteiger partial charge in [0.25, 0.3) is 0 Å². The molecule has 2 rings (SSSR count). The molecule has 2 N–H and O–H groups in total. The fourth-order valence-electron chi connectivity index (χ4n) is 1.65. The standard InChI is InChI=1S/C15H18N4O3S/c1-9-4-5-12(16-7-9)17-14(20)8-23-11(3)15(21)18-13-6-10(2)22-19-13/h4-7,11H,8H2,1-3H3,(H,16,17,20)(H,18,19,21). The van der Waals surface area contributed by atoms with Gasteiger partial charge in [-0.05, 0) is 32.4 Å². The zero-order chi connectivity index (χ0) is 16.8. The first-order valence-electron chi connectivity index (χ1n) is 7.02. The summed E-state index contributed by atoms with van der Waals surface area (Å²) in [5.74, 6) is 1.20. The molecule has 0 spiro atoms. The number of nitrogens with zero attached hydrogens (tertiary/aromatic N) is 2. The van der Waals surface area contributed by atoms with Crippen molar-refractivity contribution in [3.05, 3.63) is 35.7 Å². The predicted molar refractivity (Wildman–Crippen MR) is 89.4 cm³/mol. The van der Waals surface area contributed by atoms with Crippen LogP contribution in [0.3, 0.4) is 0 Å². The Labute approximate surface area is 138 Å². The summed E-state index contributed by atoms with van der Waals surface area (Å²) < 4.78 is 4.88. The lowest BCUT2D eigenvalue weighted by atomic mass is 10.3. The molecule has 2 aromatic heterocycles. The molecule has 0 aliphatic rings. The highest BCUT2D eigenvalue weighted by atomic mass is 32.2. The number of carbonyl (C=O) groups excluding carboxylic acids is 2. The average Bonchev–Trinajstić information content (AvgIpc) is 2.92. The molecular formula is C15H18N4O3S. The quantitative estimate of drug-likeness (QED) is 0.842. The third-order valence-electron chi connectivity index (χ3n) is 2.89. The van der Waals surface area contributed by atoms with Crippen molar-refractivity contribution < 1.29 is 14.1 Å². The van der Waals surface area contributed by atoms with E-state index < -0.39 is 5.25 Å². The van der Waals surface area contributed by atoms with Crippen LogP contribution < -0.4 is 10.6 Å². The Morgan fingerprint density at radius 1 is 1.26 bits per heavy atom. The number of thioether (sulfide) groups is 1. The monoisotopic (exact) mass is 334 g/mol. The molecule has 2 heterocycles. The first-order valence-corrected chi connectivity index (χ1v) is 8.07. The molecule has 1 atom stereocenters. The van der Waals surface area contributed by atoms with Gasteiger partial charge >= 0.3 is 0 Å². The molecule has 0 aliphatic heterocycles. The lowest BCUT2D eigenvalue weighted by Gasteiger charge is -2.10. The number of hydrogen-bond donors (Lipinski definition) is 2. The normalized spacial score (nSPS) is 11.8. The number of hydrogen-bond acceptors (Lipinski definition) is 6. The minimum Gasteiger partial charge on any atom is -0.360 e. The van der Waals surface area contributed by atoms with Gasteiger partial charge in [0.15, 0.2) is 5.82 Å². The minimum atomic E-state index is -0.399. The van der Waals surface area contributed by atoms with Crippen molar-refractivity contribution in [1.82, 2.24) is 10.1 Å². The van der Waals surface area contributed by atoms with Gasteiger partial charge < -0.3 is 15.2 Å². The molecule has 0 fully saturated rings. The van der Waals surface area contributed by atoms with E-state index in [1.54, 1.807) is 32.2 Å². The molecule has 2 amide bonds. The van der Waals surface area contributed by atoms with Crippen LogP contribution in [0.4, 0.5) is 11.6 Å². The van der Waals surface area contributed by atoms with Crippen molar-refractivity contribution in [2.75, 3.05) is 16.4 Å². The van der Waals surface area contributed by atoms with Crippen LogP contribution in [-0.4, -0.2) is 33.0 Å². The van der Waals surface area contributed by atoms with E-state index in [0.717, 1.165) is 5.56 Å². The molecule has 8 heteroatoms. The Bertz CT molecular complexity index is 684. The first-order chi connectivity index (χ1) is 10.9. The van der Waals surface area contributed by atoms with Crippen molar-refractivity contribution in [3.8, 4) is 0 Å². The fraction of sp³-hybridized carbons (Fsp3) is 0.333. The zero-order valence-electron chi connectivity index (χ0n) is 13.1. The minimum absolute atomic E-state index is 0.155. The Morgan fingerprint density at radius 3 is 2.65 bits per heavy atom. The van der Waals surface area contributed by atoms with E-state index in [1.807, 2.05) is 13.0 Å². The topological polar surface area (TPSA) is 97.1 Å². The molecule has 0 saturated heterocycles. The van der Waals surface area contributed by atoms with Crippen LogP contribution in [0.1, 0.15) is 18.2 Å². The van der Waals surface area contributed by atoms with Crippen molar-refractivity contribution in [2.45, 2.75) is 26.0 Å². The molecule has 0 radical (unpaired) electrons. The first kappa shape index (κ1) is 17.0. The fourth-order valence-corrected chi connectivity index (χ4v) is 2.33. The van der Waals surface area contributed by atoms with Gasteiger partial charge in [-0.2, -0.15) is 0 Å². The molecule has 0 bridgehead atoms. The van der Waals surface area contributed by atoms with Gasteiger partial charge in [0.1, 0.15) is 11.6 Å². The number of amides is 2. The van der Waals surface area contributed by atoms with Gasteiger partial charge in [0, 0.05) is 12.3 Å². The summed E-state index contributed by atoms with van der Waals surface area (Å²) in [6, 6.07) is 5.23. The summed E-state index contributed by atoms with van der Waals surface area (Å²) in [7, 11) is 0. The van der Waals surface area contributed by atoms with E-state index in [2.05, 4.69) is 20.8 Å². The molecule has 1 unspecified atom stereocenters. The predicted octanol–water partition coefficient (Wildman–Crippen LogP) is 2.39. The Morgan fingerprint density at radius 2 is 2.04 bits per heavy atom. The summed E-state index contributed by atoms with van der Waals surface area (Å²) in [5.41, 5.74) is 1.02. The summed E-state index contributed by atoms with van der Waals surface area (Å²) >= 11 is 1.23. The summed E-state index contributed by atoms with van der Waals surface area (Å²) in [5, 5.41) is 8.61. The maximum absolute atomic E-state index is 12.0. The van der Waals surface area contributed by atoms with Crippen LogP contribution in [-0.2, 0) is 9.59 Å². The lowest BCUT2D eigenvalue weighted by Crippen LogP contribution is -2.25. The van der Waals surface area contributed by atoms with Gasteiger partial charge in [-0.3, -0.25) is 9.59 Å². The SMILES string of the molecule is Cc1ccc(NC(=O)CSC(C)C(=O)Nc2cc(C)on2)nc1. The molecule has 0 saturated carbocycles. The van der Waals surface area contributed by atoms with E-state index in [9.17, 15) is 9.59 Å². The van der Waals surface area contributed by atoms with Gasteiger partial charge in [0.2, 0.25) is 11.8 Å². The third-order valence-corrected chi connectivity index (χ3v) is 4.03. The van der Waals surface area contributed by atoms with Crippen LogP contribution in [0.15, 0.2) is 28.9 Å². The van der Waals surface area contributed by atoms with Gasteiger partial charge in [0.05, 0.1) is 11.0 Å². The van der Waals surface area contributed by atoms with E-state index in [-0.39, 0.29) is 17.6 Å². The Kier molecular flexibility index (Phi) is 5.75. The molecule has 23 heavy (non-hydrogen) atoms. The highest BCUT2D eigenvalue weighted by Crippen LogP contribution is 2.15. The number of rotatable bonds is 6. The third kappa shape index (κ3) is 5.41. The van der Waals surface area contributed by atoms with E-state index in [1.165, 1.54) is 11.8 Å². The van der Waals surface area contributed by atoms with E-state index in [4.69, 9.17) is 4.52 Å². The second-order valence-corrected chi connectivity index (χ2v) is 6.36. The highest BCUT2D eigenvalue weighted by Gasteiger charge is 2.17. The van der Waals surface area contributed by atoms with Crippen molar-refractivity contribution in [1.29, 1.82) is 0 Å². The molecule has 122 valence electrons. The summed E-state index contributed by atoms with van der Waals surface area (Å²) in [6.07, 6.45) is 1.68. The smallest absolute Gasteiger partial charge is 0.238 e. The highest BCUT2D eigenvalue weighted by molar-refractivity contribution is 8.01. The summed E-state index contributed by atoms with van der Waals surface area (Å²) in [6.45, 7) is 5.39. The van der Waals surface area contributed by atoms with Crippen LogP contribution in [0.25, 0.3) is 0 Å². The van der Waals surface area contributed by atoms with Crippen LogP contribution in [0.2, 0.25) is 0 Å². The number of aryl methyl sites for hydroxylation is 2. The Hall–Kier alpha value is -2.35. The van der Waals surface area contributed by atoms with Crippen LogP contribution in [0.5, 0.6) is 0 Å². The largest absolute Gasteiger partial charge is 0.360 e. The second-order valence-electron chi connectivity index (χ2n) is 5.03. The average molecular weight is 334 g/mol. The van der Waals surface area contributed by atoms with Gasteiger partial charge in [-0.15, -0.1) is 11.8 Å². The van der Waals surface area contributed by atoms with Gasteiger partial charge in [-0.1, -0.05) is 11.2 Å². The van der Waals surface area contributed by atoms with Crippen LogP contribution >= 0.6 is 11.8 Å². The lowest BCUT2D eigenvalue weighted by molar-refractivity contribution is -0.115. The van der Waals surface area contributed by atoms with Crippen molar-refractivity contribution in [3.63, 3.8) is 0 Å². The van der Waals surface area contributed by atoms with Crippen molar-refractivity contribution in [2.24, 2.45) is 0 Å². The van der Waals surface area contributed by atoms with E-state index in [0.29, 0.717) is 17.4 Å². The number of aromatic nitrogens is 2. The molecular weight excluding hydrogens is 316 g/mol. The molecule has 0 aliphatic carbocycles. The number of carbonyl (C=O) groups is 2. The number of anilines is 2. The van der Waals surface area contributed by atoms with Crippen LogP contribution in [0, 0.1) is 13.8 Å². The molecule has 2 aromatic rings. The number of pyridine rings is 1. The summed E-state index contributed by atoms with van der Waals surface area (Å²) in [4.78, 5) is 27.9. The molecule has 0 aromatic carbocycles. The van der Waals surface area contributed by atoms with E-state index >= 15 is 0 Å². The zero-order valence-corrected chi connectivity index (χ0v) is 13.9. The molecule has 7 nitrogen and oxygen atoms in total. The maximum atomic E-state index is 12.0. The van der Waals surface area contributed by atoms with Crippen molar-refractivity contribution >= 4 is 35.2 Å². The second kappa shape index (κ2) is 7.77. The Balaban J connectivity index is 1.76. The van der Waals surface area contributed by atoms with Gasteiger partial charge in [-0.25, -0.2) is 4.98 Å². The maximum Gasteiger partial charge on any atom is 0.238 e. The number of nitrogens with one attached hydrogen (secondary N) is 2.